The Bertz CT molecular complexity index is 458. The van der Waals surface area contributed by atoms with Gasteiger partial charge in [-0.3, -0.25) is 0 Å². The Balaban J connectivity index is 2.15. The standard InChI is InChI=1S/C14H20F3NOS/c1-9(2)6-10-4-3-5-13(19,7-10)11-8-18-12(20-11)14(15,16)17/h8-10,19H,3-7H2,1-2H3. The molecule has 2 atom stereocenters. The van der Waals surface area contributed by atoms with E-state index in [9.17, 15) is 18.3 Å². The molecule has 0 saturated heterocycles. The summed E-state index contributed by atoms with van der Waals surface area (Å²) in [6, 6.07) is 0. The van der Waals surface area contributed by atoms with Gasteiger partial charge in [0.1, 0.15) is 5.60 Å². The SMILES string of the molecule is CC(C)CC1CCCC(O)(c2cnc(C(F)(F)F)s2)C1. The molecule has 0 radical (unpaired) electrons. The number of nitrogens with zero attached hydrogens (tertiary/aromatic N) is 1. The van der Waals surface area contributed by atoms with Gasteiger partial charge in [0.2, 0.25) is 0 Å². The summed E-state index contributed by atoms with van der Waals surface area (Å²) in [4.78, 5) is 3.79. The van der Waals surface area contributed by atoms with Gasteiger partial charge in [0.15, 0.2) is 5.01 Å². The second-order valence-corrected chi connectivity index (χ2v) is 7.18. The molecule has 114 valence electrons. The van der Waals surface area contributed by atoms with Crippen LogP contribution in [0.2, 0.25) is 0 Å². The van der Waals surface area contributed by atoms with Crippen molar-refractivity contribution in [3.05, 3.63) is 16.1 Å². The largest absolute Gasteiger partial charge is 0.443 e. The quantitative estimate of drug-likeness (QED) is 0.886. The van der Waals surface area contributed by atoms with Crippen LogP contribution in [0.3, 0.4) is 0 Å². The highest BCUT2D eigenvalue weighted by atomic mass is 32.1. The fourth-order valence-corrected chi connectivity index (χ4v) is 3.99. The molecule has 0 spiro atoms. The topological polar surface area (TPSA) is 33.1 Å². The lowest BCUT2D eigenvalue weighted by Crippen LogP contribution is -2.32. The predicted octanol–water partition coefficient (Wildman–Crippen LogP) is 4.59. The molecule has 0 amide bonds. The van der Waals surface area contributed by atoms with Gasteiger partial charge < -0.3 is 5.11 Å². The minimum Gasteiger partial charge on any atom is -0.384 e. The first-order valence-corrected chi connectivity index (χ1v) is 7.78. The van der Waals surface area contributed by atoms with E-state index in [1.165, 1.54) is 6.20 Å². The number of aliphatic hydroxyl groups is 1. The Morgan fingerprint density at radius 3 is 2.75 bits per heavy atom. The lowest BCUT2D eigenvalue weighted by Gasteiger charge is -2.36. The molecular weight excluding hydrogens is 287 g/mol. The smallest absolute Gasteiger partial charge is 0.384 e. The van der Waals surface area contributed by atoms with Gasteiger partial charge in [-0.05, 0) is 37.5 Å². The summed E-state index contributed by atoms with van der Waals surface area (Å²) in [7, 11) is 0. The Kier molecular flexibility index (Phi) is 4.44. The highest BCUT2D eigenvalue weighted by Gasteiger charge is 2.41. The second-order valence-electron chi connectivity index (χ2n) is 6.15. The van der Waals surface area contributed by atoms with Crippen molar-refractivity contribution in [2.24, 2.45) is 11.8 Å². The fraction of sp³-hybridized carbons (Fsp3) is 0.786. The highest BCUT2D eigenvalue weighted by molar-refractivity contribution is 7.11. The van der Waals surface area contributed by atoms with Crippen LogP contribution in [0, 0.1) is 11.8 Å². The number of aromatic nitrogens is 1. The van der Waals surface area contributed by atoms with Gasteiger partial charge in [0, 0.05) is 6.20 Å². The Hall–Kier alpha value is -0.620. The summed E-state index contributed by atoms with van der Waals surface area (Å²) in [5, 5.41) is 9.84. The van der Waals surface area contributed by atoms with Crippen molar-refractivity contribution in [3.8, 4) is 0 Å². The van der Waals surface area contributed by atoms with Gasteiger partial charge >= 0.3 is 6.18 Å². The first kappa shape index (κ1) is 15.8. The van der Waals surface area contributed by atoms with Gasteiger partial charge in [0.25, 0.3) is 0 Å². The molecule has 0 bridgehead atoms. The average molecular weight is 307 g/mol. The van der Waals surface area contributed by atoms with Crippen LogP contribution in [0.25, 0.3) is 0 Å². The Morgan fingerprint density at radius 1 is 1.50 bits per heavy atom. The number of hydrogen-bond donors (Lipinski definition) is 1. The van der Waals surface area contributed by atoms with Crippen LogP contribution >= 0.6 is 11.3 Å². The zero-order chi connectivity index (χ0) is 15.0. The molecule has 20 heavy (non-hydrogen) atoms. The molecular formula is C14H20F3NOS. The van der Waals surface area contributed by atoms with Gasteiger partial charge in [-0.15, -0.1) is 11.3 Å². The fourth-order valence-electron chi connectivity index (χ4n) is 3.08. The summed E-state index contributed by atoms with van der Waals surface area (Å²) in [5.74, 6) is 0.916. The maximum Gasteiger partial charge on any atom is 0.443 e. The van der Waals surface area contributed by atoms with Crippen LogP contribution in [0.15, 0.2) is 6.20 Å². The Labute approximate surface area is 121 Å². The van der Waals surface area contributed by atoms with Gasteiger partial charge in [-0.1, -0.05) is 20.3 Å². The van der Waals surface area contributed by atoms with Crippen LogP contribution in [-0.2, 0) is 11.8 Å². The summed E-state index contributed by atoms with van der Waals surface area (Å²) in [6.45, 7) is 4.25. The lowest BCUT2D eigenvalue weighted by molar-refractivity contribution is -0.137. The van der Waals surface area contributed by atoms with Gasteiger partial charge in [-0.25, -0.2) is 4.98 Å². The summed E-state index contributed by atoms with van der Waals surface area (Å²) >= 11 is 0.580. The molecule has 1 aromatic heterocycles. The van der Waals surface area contributed by atoms with Crippen LogP contribution in [-0.4, -0.2) is 10.1 Å². The molecule has 1 fully saturated rings. The van der Waals surface area contributed by atoms with E-state index in [0.29, 0.717) is 40.9 Å². The van der Waals surface area contributed by atoms with Crippen molar-refractivity contribution >= 4 is 11.3 Å². The molecule has 2 rings (SSSR count). The number of alkyl halides is 3. The number of rotatable bonds is 3. The van der Waals surface area contributed by atoms with Gasteiger partial charge in [-0.2, -0.15) is 13.2 Å². The number of hydrogen-bond acceptors (Lipinski definition) is 3. The molecule has 1 aromatic rings. The normalized spacial score (nSPS) is 28.1. The van der Waals surface area contributed by atoms with Crippen molar-refractivity contribution in [2.75, 3.05) is 0 Å². The Morgan fingerprint density at radius 2 is 2.20 bits per heavy atom. The van der Waals surface area contributed by atoms with Gasteiger partial charge in [0.05, 0.1) is 4.88 Å². The van der Waals surface area contributed by atoms with E-state index in [0.717, 1.165) is 19.3 Å². The highest BCUT2D eigenvalue weighted by Crippen LogP contribution is 2.45. The van der Waals surface area contributed by atoms with Crippen molar-refractivity contribution in [3.63, 3.8) is 0 Å². The third-order valence-corrected chi connectivity index (χ3v) is 5.08. The minimum atomic E-state index is -4.43. The third-order valence-electron chi connectivity index (χ3n) is 3.84. The molecule has 2 unspecified atom stereocenters. The molecule has 1 saturated carbocycles. The average Bonchev–Trinajstić information content (AvgIpc) is 2.77. The molecule has 0 aliphatic heterocycles. The molecule has 2 nitrogen and oxygen atoms in total. The molecule has 1 aliphatic rings. The molecule has 0 aromatic carbocycles. The van der Waals surface area contributed by atoms with Crippen molar-refractivity contribution in [1.82, 2.24) is 4.98 Å². The van der Waals surface area contributed by atoms with E-state index < -0.39 is 16.8 Å². The van der Waals surface area contributed by atoms with E-state index in [2.05, 4.69) is 18.8 Å². The first-order chi connectivity index (χ1) is 9.21. The number of halogens is 3. The zero-order valence-corrected chi connectivity index (χ0v) is 12.5. The van der Waals surface area contributed by atoms with E-state index in [1.54, 1.807) is 0 Å². The summed E-state index contributed by atoms with van der Waals surface area (Å²) in [6.07, 6.45) is 0.758. The summed E-state index contributed by atoms with van der Waals surface area (Å²) in [5.41, 5.74) is -1.13. The second kappa shape index (κ2) is 5.64. The molecule has 6 heteroatoms. The lowest BCUT2D eigenvalue weighted by atomic mass is 9.74. The van der Waals surface area contributed by atoms with E-state index in [1.807, 2.05) is 0 Å². The molecule has 1 heterocycles. The zero-order valence-electron chi connectivity index (χ0n) is 11.7. The minimum absolute atomic E-state index is 0.360. The molecule has 1 aliphatic carbocycles. The van der Waals surface area contributed by atoms with Crippen molar-refractivity contribution in [2.45, 2.75) is 57.7 Å². The van der Waals surface area contributed by atoms with E-state index in [4.69, 9.17) is 0 Å². The van der Waals surface area contributed by atoms with E-state index >= 15 is 0 Å². The van der Waals surface area contributed by atoms with Crippen LogP contribution < -0.4 is 0 Å². The van der Waals surface area contributed by atoms with Crippen LogP contribution in [0.1, 0.15) is 55.8 Å². The predicted molar refractivity (Wildman–Crippen MR) is 72.4 cm³/mol. The summed E-state index contributed by atoms with van der Waals surface area (Å²) < 4.78 is 37.8. The van der Waals surface area contributed by atoms with Crippen LogP contribution in [0.4, 0.5) is 13.2 Å². The number of thiazole rings is 1. The molecule has 1 N–H and O–H groups in total. The first-order valence-electron chi connectivity index (χ1n) is 6.96. The maximum atomic E-state index is 12.6. The van der Waals surface area contributed by atoms with Crippen molar-refractivity contribution < 1.29 is 18.3 Å². The van der Waals surface area contributed by atoms with Crippen LogP contribution in [0.5, 0.6) is 0 Å². The van der Waals surface area contributed by atoms with Crippen molar-refractivity contribution in [1.29, 1.82) is 0 Å². The monoisotopic (exact) mass is 307 g/mol. The van der Waals surface area contributed by atoms with E-state index in [-0.39, 0.29) is 0 Å². The maximum absolute atomic E-state index is 12.6. The third kappa shape index (κ3) is 3.52.